The number of halogens is 3. The molecule has 1 aliphatic heterocycles. The molecule has 1 saturated heterocycles. The maximum absolute atomic E-state index is 13.4. The van der Waals surface area contributed by atoms with Crippen LogP contribution in [-0.4, -0.2) is 52.4 Å². The molecule has 4 rings (SSSR count). The highest BCUT2D eigenvalue weighted by molar-refractivity contribution is 9.10. The number of rotatable bonds is 3. The topological polar surface area (TPSA) is 45.6 Å². The Balaban J connectivity index is 1.42. The third kappa shape index (κ3) is 3.71. The Kier molecular flexibility index (Phi) is 5.60. The van der Waals surface area contributed by atoms with Gasteiger partial charge in [0.1, 0.15) is 6.54 Å². The van der Waals surface area contributed by atoms with E-state index in [9.17, 15) is 18.4 Å². The minimum absolute atomic E-state index is 0.0220. The quantitative estimate of drug-likeness (QED) is 0.575. The minimum atomic E-state index is -1.05. The zero-order valence-corrected chi connectivity index (χ0v) is 18.0. The van der Waals surface area contributed by atoms with Crippen molar-refractivity contribution in [3.05, 3.63) is 69.8 Å². The van der Waals surface area contributed by atoms with Crippen LogP contribution in [-0.2, 0) is 11.3 Å². The van der Waals surface area contributed by atoms with Gasteiger partial charge in [0, 0.05) is 52.8 Å². The lowest BCUT2D eigenvalue weighted by molar-refractivity contribution is -0.133. The molecule has 8 heteroatoms. The van der Waals surface area contributed by atoms with Crippen LogP contribution in [0.1, 0.15) is 16.1 Å². The maximum atomic E-state index is 13.4. The highest BCUT2D eigenvalue weighted by Crippen LogP contribution is 2.30. The summed E-state index contributed by atoms with van der Waals surface area (Å²) < 4.78 is 29.5. The number of amides is 2. The van der Waals surface area contributed by atoms with Crippen LogP contribution < -0.4 is 0 Å². The van der Waals surface area contributed by atoms with Crippen LogP contribution in [0.15, 0.2) is 46.9 Å². The Morgan fingerprint density at radius 3 is 2.33 bits per heavy atom. The lowest BCUT2D eigenvalue weighted by Gasteiger charge is -2.35. The fourth-order valence-electron chi connectivity index (χ4n) is 3.80. The second-order valence-corrected chi connectivity index (χ2v) is 8.10. The van der Waals surface area contributed by atoms with Gasteiger partial charge in [0.05, 0.1) is 0 Å². The maximum Gasteiger partial charge on any atom is 0.254 e. The number of hydrogen-bond donors (Lipinski definition) is 0. The molecule has 0 bridgehead atoms. The number of para-hydroxylation sites is 1. The normalized spacial score (nSPS) is 14.4. The number of nitrogens with zero attached hydrogens (tertiary/aromatic N) is 3. The standard InChI is InChI=1S/C22H20BrF2N3O2/c1-14-21(23)16-4-2-3-5-19(16)28(14)13-20(29)26-8-10-27(11-9-26)22(30)15-6-7-17(24)18(25)12-15/h2-7,12H,8-11,13H2,1H3. The third-order valence-corrected chi connectivity index (χ3v) is 6.53. The summed E-state index contributed by atoms with van der Waals surface area (Å²) in [6.45, 7) is 3.67. The Hall–Kier alpha value is -2.74. The molecule has 0 unspecified atom stereocenters. The average Bonchev–Trinajstić information content (AvgIpc) is 3.00. The number of aromatic nitrogens is 1. The molecule has 2 amide bonds. The molecule has 2 heterocycles. The number of piperazine rings is 1. The molecule has 5 nitrogen and oxygen atoms in total. The van der Waals surface area contributed by atoms with E-state index in [-0.39, 0.29) is 23.9 Å². The predicted octanol–water partition coefficient (Wildman–Crippen LogP) is 3.98. The van der Waals surface area contributed by atoms with Gasteiger partial charge in [-0.3, -0.25) is 9.59 Å². The second kappa shape index (κ2) is 8.18. The summed E-state index contributed by atoms with van der Waals surface area (Å²) in [5.41, 5.74) is 2.08. The lowest BCUT2D eigenvalue weighted by atomic mass is 10.1. The SMILES string of the molecule is Cc1c(Br)c2ccccc2n1CC(=O)N1CCN(C(=O)c2ccc(F)c(F)c2)CC1. The summed E-state index contributed by atoms with van der Waals surface area (Å²) in [6.07, 6.45) is 0. The van der Waals surface area contributed by atoms with E-state index in [1.807, 2.05) is 35.8 Å². The largest absolute Gasteiger partial charge is 0.338 e. The Bertz CT molecular complexity index is 1140. The summed E-state index contributed by atoms with van der Waals surface area (Å²) in [7, 11) is 0. The van der Waals surface area contributed by atoms with Crippen molar-refractivity contribution in [3.63, 3.8) is 0 Å². The van der Waals surface area contributed by atoms with Gasteiger partial charge in [0.15, 0.2) is 11.6 Å². The van der Waals surface area contributed by atoms with Crippen molar-refractivity contribution in [1.82, 2.24) is 14.4 Å². The zero-order chi connectivity index (χ0) is 21.4. The van der Waals surface area contributed by atoms with E-state index < -0.39 is 11.6 Å². The van der Waals surface area contributed by atoms with Crippen LogP contribution >= 0.6 is 15.9 Å². The number of carbonyl (C=O) groups excluding carboxylic acids is 2. The van der Waals surface area contributed by atoms with Gasteiger partial charge in [-0.05, 0) is 47.1 Å². The summed E-state index contributed by atoms with van der Waals surface area (Å²) >= 11 is 3.60. The van der Waals surface area contributed by atoms with Crippen molar-refractivity contribution in [2.45, 2.75) is 13.5 Å². The summed E-state index contributed by atoms with van der Waals surface area (Å²) in [5, 5.41) is 1.06. The number of fused-ring (bicyclic) bond motifs is 1. The minimum Gasteiger partial charge on any atom is -0.338 e. The third-order valence-electron chi connectivity index (χ3n) is 5.53. The first-order valence-electron chi connectivity index (χ1n) is 9.62. The van der Waals surface area contributed by atoms with Crippen LogP contribution in [0.5, 0.6) is 0 Å². The van der Waals surface area contributed by atoms with Crippen LogP contribution in [0.25, 0.3) is 10.9 Å². The van der Waals surface area contributed by atoms with Gasteiger partial charge < -0.3 is 14.4 Å². The van der Waals surface area contributed by atoms with Crippen LogP contribution in [0, 0.1) is 18.6 Å². The summed E-state index contributed by atoms with van der Waals surface area (Å²) in [5.74, 6) is -2.42. The van der Waals surface area contributed by atoms with Crippen molar-refractivity contribution in [2.24, 2.45) is 0 Å². The molecule has 0 spiro atoms. The second-order valence-electron chi connectivity index (χ2n) is 7.30. The number of hydrogen-bond acceptors (Lipinski definition) is 2. The van der Waals surface area contributed by atoms with Crippen molar-refractivity contribution in [2.75, 3.05) is 26.2 Å². The van der Waals surface area contributed by atoms with E-state index in [4.69, 9.17) is 0 Å². The van der Waals surface area contributed by atoms with Crippen molar-refractivity contribution >= 4 is 38.6 Å². The number of benzene rings is 2. The molecule has 0 saturated carbocycles. The van der Waals surface area contributed by atoms with Crippen molar-refractivity contribution in [3.8, 4) is 0 Å². The highest BCUT2D eigenvalue weighted by Gasteiger charge is 2.26. The molecule has 3 aromatic rings. The van der Waals surface area contributed by atoms with Gasteiger partial charge in [-0.25, -0.2) is 8.78 Å². The molecule has 1 aromatic heterocycles. The fourth-order valence-corrected chi connectivity index (χ4v) is 4.35. The van der Waals surface area contributed by atoms with Crippen LogP contribution in [0.2, 0.25) is 0 Å². The first-order chi connectivity index (χ1) is 14.4. The summed E-state index contributed by atoms with van der Waals surface area (Å²) in [4.78, 5) is 28.7. The van der Waals surface area contributed by atoms with E-state index in [0.717, 1.165) is 33.2 Å². The van der Waals surface area contributed by atoms with E-state index in [1.165, 1.54) is 6.07 Å². The van der Waals surface area contributed by atoms with E-state index in [2.05, 4.69) is 15.9 Å². The van der Waals surface area contributed by atoms with Gasteiger partial charge in [-0.2, -0.15) is 0 Å². The molecule has 0 N–H and O–H groups in total. The van der Waals surface area contributed by atoms with Crippen molar-refractivity contribution in [1.29, 1.82) is 0 Å². The van der Waals surface area contributed by atoms with Crippen LogP contribution in [0.4, 0.5) is 8.78 Å². The first kappa shape index (κ1) is 20.5. The van der Waals surface area contributed by atoms with Gasteiger partial charge in [-0.15, -0.1) is 0 Å². The molecule has 2 aromatic carbocycles. The monoisotopic (exact) mass is 475 g/mol. The molecule has 30 heavy (non-hydrogen) atoms. The van der Waals surface area contributed by atoms with E-state index in [0.29, 0.717) is 26.2 Å². The van der Waals surface area contributed by atoms with Gasteiger partial charge in [-0.1, -0.05) is 18.2 Å². The van der Waals surface area contributed by atoms with E-state index in [1.54, 1.807) is 9.80 Å². The molecule has 0 atom stereocenters. The first-order valence-corrected chi connectivity index (χ1v) is 10.4. The molecule has 0 aliphatic carbocycles. The van der Waals surface area contributed by atoms with Gasteiger partial charge in [0.25, 0.3) is 5.91 Å². The molecular weight excluding hydrogens is 456 g/mol. The summed E-state index contributed by atoms with van der Waals surface area (Å²) in [6, 6.07) is 11.0. The molecule has 1 fully saturated rings. The molecular formula is C22H20BrF2N3O2. The molecule has 1 aliphatic rings. The highest BCUT2D eigenvalue weighted by atomic mass is 79.9. The zero-order valence-electron chi connectivity index (χ0n) is 16.4. The van der Waals surface area contributed by atoms with Crippen molar-refractivity contribution < 1.29 is 18.4 Å². The Labute approximate surface area is 181 Å². The van der Waals surface area contributed by atoms with Gasteiger partial charge >= 0.3 is 0 Å². The van der Waals surface area contributed by atoms with E-state index >= 15 is 0 Å². The molecule has 0 radical (unpaired) electrons. The number of carbonyl (C=O) groups is 2. The van der Waals surface area contributed by atoms with Crippen LogP contribution in [0.3, 0.4) is 0 Å². The Morgan fingerprint density at radius 1 is 0.967 bits per heavy atom. The lowest BCUT2D eigenvalue weighted by Crippen LogP contribution is -2.51. The smallest absolute Gasteiger partial charge is 0.254 e. The average molecular weight is 476 g/mol. The Morgan fingerprint density at radius 2 is 1.63 bits per heavy atom. The predicted molar refractivity (Wildman–Crippen MR) is 113 cm³/mol. The van der Waals surface area contributed by atoms with Gasteiger partial charge in [0.2, 0.25) is 5.91 Å². The fraction of sp³-hybridized carbons (Fsp3) is 0.273. The molecule has 156 valence electrons.